The Kier molecular flexibility index (Phi) is 4.02. The second kappa shape index (κ2) is 5.51. The summed E-state index contributed by atoms with van der Waals surface area (Å²) in [6.45, 7) is 2.40. The number of nitrogens with one attached hydrogen (secondary N) is 1. The van der Waals surface area contributed by atoms with E-state index >= 15 is 0 Å². The minimum absolute atomic E-state index is 0.164. The van der Waals surface area contributed by atoms with Crippen molar-refractivity contribution in [2.24, 2.45) is 5.92 Å². The lowest BCUT2D eigenvalue weighted by Crippen LogP contribution is -2.22. The van der Waals surface area contributed by atoms with Gasteiger partial charge in [0.25, 0.3) is 0 Å². The zero-order valence-corrected chi connectivity index (χ0v) is 9.77. The van der Waals surface area contributed by atoms with E-state index in [-0.39, 0.29) is 10.8 Å². The van der Waals surface area contributed by atoms with Gasteiger partial charge >= 0.3 is 0 Å². The first-order chi connectivity index (χ1) is 7.77. The maximum absolute atomic E-state index is 13.5. The summed E-state index contributed by atoms with van der Waals surface area (Å²) in [5, 5.41) is 3.27. The molecular formula is C12H15ClFNO. The van der Waals surface area contributed by atoms with Crippen molar-refractivity contribution >= 4 is 17.3 Å². The molecule has 1 heterocycles. The van der Waals surface area contributed by atoms with E-state index in [0.717, 1.165) is 32.6 Å². The van der Waals surface area contributed by atoms with E-state index in [1.807, 2.05) is 0 Å². The van der Waals surface area contributed by atoms with Crippen LogP contribution in [-0.4, -0.2) is 19.8 Å². The average Bonchev–Trinajstić information content (AvgIpc) is 2.32. The molecule has 0 amide bonds. The van der Waals surface area contributed by atoms with Gasteiger partial charge in [-0.25, -0.2) is 4.39 Å². The molecule has 0 atom stereocenters. The van der Waals surface area contributed by atoms with E-state index in [1.165, 1.54) is 0 Å². The molecule has 1 N–H and O–H groups in total. The number of benzene rings is 1. The van der Waals surface area contributed by atoms with Crippen molar-refractivity contribution in [3.63, 3.8) is 0 Å². The predicted octanol–water partition coefficient (Wildman–Crippen LogP) is 3.32. The first kappa shape index (κ1) is 11.7. The van der Waals surface area contributed by atoms with E-state index in [0.29, 0.717) is 11.6 Å². The molecule has 0 aromatic heterocycles. The monoisotopic (exact) mass is 243 g/mol. The van der Waals surface area contributed by atoms with Crippen LogP contribution in [0.1, 0.15) is 12.8 Å². The fraction of sp³-hybridized carbons (Fsp3) is 0.500. The molecule has 0 radical (unpaired) electrons. The average molecular weight is 244 g/mol. The number of ether oxygens (including phenoxy) is 1. The van der Waals surface area contributed by atoms with Gasteiger partial charge in [-0.3, -0.25) is 0 Å². The molecule has 1 aromatic carbocycles. The summed E-state index contributed by atoms with van der Waals surface area (Å²) in [5.41, 5.74) is 0.485. The molecule has 1 aromatic rings. The Hall–Kier alpha value is -0.800. The first-order valence-electron chi connectivity index (χ1n) is 5.53. The van der Waals surface area contributed by atoms with Crippen molar-refractivity contribution in [1.29, 1.82) is 0 Å². The first-order valence-corrected chi connectivity index (χ1v) is 5.91. The quantitative estimate of drug-likeness (QED) is 0.880. The third-order valence-electron chi connectivity index (χ3n) is 2.87. The summed E-state index contributed by atoms with van der Waals surface area (Å²) < 4.78 is 18.8. The van der Waals surface area contributed by atoms with Crippen LogP contribution in [0.4, 0.5) is 10.1 Å². The van der Waals surface area contributed by atoms with Gasteiger partial charge in [0.2, 0.25) is 0 Å². The summed E-state index contributed by atoms with van der Waals surface area (Å²) >= 11 is 5.70. The van der Waals surface area contributed by atoms with Gasteiger partial charge in [-0.1, -0.05) is 17.7 Å². The number of hydrogen-bond donors (Lipinski definition) is 1. The van der Waals surface area contributed by atoms with Gasteiger partial charge in [-0.2, -0.15) is 0 Å². The molecule has 1 fully saturated rings. The molecule has 1 aliphatic rings. The molecule has 0 bridgehead atoms. The molecule has 88 valence electrons. The molecule has 2 nitrogen and oxygen atoms in total. The molecule has 4 heteroatoms. The highest BCUT2D eigenvalue weighted by atomic mass is 35.5. The Balaban J connectivity index is 1.91. The summed E-state index contributed by atoms with van der Waals surface area (Å²) in [6, 6.07) is 5.01. The second-order valence-corrected chi connectivity index (χ2v) is 4.45. The Morgan fingerprint density at radius 3 is 2.88 bits per heavy atom. The van der Waals surface area contributed by atoms with Crippen LogP contribution in [0.25, 0.3) is 0 Å². The van der Waals surface area contributed by atoms with Crippen LogP contribution in [0.2, 0.25) is 5.02 Å². The Morgan fingerprint density at radius 2 is 2.12 bits per heavy atom. The van der Waals surface area contributed by atoms with Crippen LogP contribution < -0.4 is 5.32 Å². The van der Waals surface area contributed by atoms with E-state index < -0.39 is 0 Å². The van der Waals surface area contributed by atoms with E-state index in [4.69, 9.17) is 16.3 Å². The van der Waals surface area contributed by atoms with Crippen molar-refractivity contribution in [3.05, 3.63) is 29.0 Å². The molecule has 16 heavy (non-hydrogen) atoms. The topological polar surface area (TPSA) is 21.3 Å². The smallest absolute Gasteiger partial charge is 0.164 e. The molecule has 1 saturated heterocycles. The molecule has 0 saturated carbocycles. The van der Waals surface area contributed by atoms with E-state index in [1.54, 1.807) is 18.2 Å². The van der Waals surface area contributed by atoms with Crippen molar-refractivity contribution in [3.8, 4) is 0 Å². The normalized spacial score (nSPS) is 17.4. The number of halogens is 2. The highest BCUT2D eigenvalue weighted by molar-refractivity contribution is 6.31. The predicted molar refractivity (Wildman–Crippen MR) is 63.4 cm³/mol. The summed E-state index contributed by atoms with van der Waals surface area (Å²) in [7, 11) is 0. The molecule has 0 aliphatic carbocycles. The molecular weight excluding hydrogens is 229 g/mol. The van der Waals surface area contributed by atoms with Crippen molar-refractivity contribution < 1.29 is 9.13 Å². The Morgan fingerprint density at radius 1 is 1.38 bits per heavy atom. The number of hydrogen-bond acceptors (Lipinski definition) is 2. The highest BCUT2D eigenvalue weighted by Crippen LogP contribution is 2.23. The van der Waals surface area contributed by atoms with Gasteiger partial charge in [-0.05, 0) is 30.9 Å². The minimum Gasteiger partial charge on any atom is -0.382 e. The van der Waals surface area contributed by atoms with E-state index in [9.17, 15) is 4.39 Å². The largest absolute Gasteiger partial charge is 0.382 e. The second-order valence-electron chi connectivity index (χ2n) is 4.04. The molecule has 1 aliphatic heterocycles. The lowest BCUT2D eigenvalue weighted by molar-refractivity contribution is 0.0699. The molecule has 2 rings (SSSR count). The minimum atomic E-state index is -0.365. The van der Waals surface area contributed by atoms with Gasteiger partial charge < -0.3 is 10.1 Å². The van der Waals surface area contributed by atoms with Crippen LogP contribution in [0.3, 0.4) is 0 Å². The number of anilines is 1. The Bertz CT molecular complexity index is 353. The third kappa shape index (κ3) is 2.86. The molecule has 0 unspecified atom stereocenters. The van der Waals surface area contributed by atoms with E-state index in [2.05, 4.69) is 5.32 Å². The summed E-state index contributed by atoms with van der Waals surface area (Å²) in [5.74, 6) is 0.198. The van der Waals surface area contributed by atoms with Crippen molar-refractivity contribution in [2.45, 2.75) is 12.8 Å². The Labute approximate surface area is 99.7 Å². The lowest BCUT2D eigenvalue weighted by Gasteiger charge is -2.22. The SMILES string of the molecule is Fc1c(Cl)cccc1NCC1CCOCC1. The van der Waals surface area contributed by atoms with Crippen LogP contribution in [0.15, 0.2) is 18.2 Å². The van der Waals surface area contributed by atoms with Gasteiger partial charge in [0, 0.05) is 19.8 Å². The zero-order valence-electron chi connectivity index (χ0n) is 9.01. The summed E-state index contributed by atoms with van der Waals surface area (Å²) in [6.07, 6.45) is 2.07. The van der Waals surface area contributed by atoms with Crippen LogP contribution >= 0.6 is 11.6 Å². The van der Waals surface area contributed by atoms with Crippen molar-refractivity contribution in [1.82, 2.24) is 0 Å². The fourth-order valence-corrected chi connectivity index (χ4v) is 2.02. The van der Waals surface area contributed by atoms with Crippen molar-refractivity contribution in [2.75, 3.05) is 25.1 Å². The summed E-state index contributed by atoms with van der Waals surface area (Å²) in [4.78, 5) is 0. The number of rotatable bonds is 3. The van der Waals surface area contributed by atoms with Crippen LogP contribution in [-0.2, 0) is 4.74 Å². The maximum atomic E-state index is 13.5. The van der Waals surface area contributed by atoms with Gasteiger partial charge in [0.1, 0.15) is 0 Å². The zero-order chi connectivity index (χ0) is 11.4. The van der Waals surface area contributed by atoms with Gasteiger partial charge in [0.15, 0.2) is 5.82 Å². The third-order valence-corrected chi connectivity index (χ3v) is 3.17. The van der Waals surface area contributed by atoms with Gasteiger partial charge in [-0.15, -0.1) is 0 Å². The standard InChI is InChI=1S/C12H15ClFNO/c13-10-2-1-3-11(12(10)14)15-8-9-4-6-16-7-5-9/h1-3,9,15H,4-8H2. The maximum Gasteiger partial charge on any atom is 0.164 e. The fourth-order valence-electron chi connectivity index (χ4n) is 1.85. The molecule has 0 spiro atoms. The highest BCUT2D eigenvalue weighted by Gasteiger charge is 2.14. The van der Waals surface area contributed by atoms with Crippen LogP contribution in [0, 0.1) is 11.7 Å². The lowest BCUT2D eigenvalue weighted by atomic mass is 10.0. The van der Waals surface area contributed by atoms with Gasteiger partial charge in [0.05, 0.1) is 10.7 Å². The van der Waals surface area contributed by atoms with Crippen LogP contribution in [0.5, 0.6) is 0 Å².